The van der Waals surface area contributed by atoms with Crippen molar-refractivity contribution < 1.29 is 4.74 Å². The molecule has 0 amide bonds. The Hall–Kier alpha value is -0.940. The SMILES string of the molecule is COC(C)Cn1cnc(CNC(C)C)n1. The fraction of sp³-hybridized carbons (Fsp3) is 0.800. The average Bonchev–Trinajstić information content (AvgIpc) is 2.62. The van der Waals surface area contributed by atoms with E-state index in [0.717, 1.165) is 12.4 Å². The maximum absolute atomic E-state index is 5.16. The molecule has 0 aliphatic heterocycles. The van der Waals surface area contributed by atoms with E-state index >= 15 is 0 Å². The number of hydrogen-bond acceptors (Lipinski definition) is 4. The van der Waals surface area contributed by atoms with Gasteiger partial charge in [-0.15, -0.1) is 0 Å². The molecular weight excluding hydrogens is 192 g/mol. The fourth-order valence-electron chi connectivity index (χ4n) is 1.14. The van der Waals surface area contributed by atoms with Crippen molar-refractivity contribution in [1.29, 1.82) is 0 Å². The minimum atomic E-state index is 0.164. The van der Waals surface area contributed by atoms with Crippen LogP contribution in [-0.4, -0.2) is 34.0 Å². The fourth-order valence-corrected chi connectivity index (χ4v) is 1.14. The van der Waals surface area contributed by atoms with Crippen LogP contribution in [0, 0.1) is 0 Å². The van der Waals surface area contributed by atoms with Gasteiger partial charge in [0.2, 0.25) is 0 Å². The number of nitrogens with zero attached hydrogens (tertiary/aromatic N) is 3. The summed E-state index contributed by atoms with van der Waals surface area (Å²) in [6, 6.07) is 0.454. The molecule has 1 aromatic heterocycles. The number of methoxy groups -OCH3 is 1. The smallest absolute Gasteiger partial charge is 0.164 e. The van der Waals surface area contributed by atoms with Crippen molar-refractivity contribution in [3.05, 3.63) is 12.2 Å². The highest BCUT2D eigenvalue weighted by Crippen LogP contribution is 1.95. The molecule has 1 heterocycles. The van der Waals surface area contributed by atoms with Gasteiger partial charge < -0.3 is 10.1 Å². The molecular formula is C10H20N4O. The zero-order chi connectivity index (χ0) is 11.3. The van der Waals surface area contributed by atoms with E-state index in [4.69, 9.17) is 4.74 Å². The lowest BCUT2D eigenvalue weighted by Crippen LogP contribution is -2.23. The monoisotopic (exact) mass is 212 g/mol. The Morgan fingerprint density at radius 3 is 2.80 bits per heavy atom. The van der Waals surface area contributed by atoms with Crippen molar-refractivity contribution in [3.63, 3.8) is 0 Å². The van der Waals surface area contributed by atoms with Crippen LogP contribution in [0.15, 0.2) is 6.33 Å². The summed E-state index contributed by atoms with van der Waals surface area (Å²) in [5, 5.41) is 7.61. The van der Waals surface area contributed by atoms with Crippen LogP contribution < -0.4 is 5.32 Å². The van der Waals surface area contributed by atoms with E-state index in [9.17, 15) is 0 Å². The zero-order valence-electron chi connectivity index (χ0n) is 9.90. The Balaban J connectivity index is 2.42. The molecule has 15 heavy (non-hydrogen) atoms. The predicted molar refractivity (Wildman–Crippen MR) is 58.5 cm³/mol. The van der Waals surface area contributed by atoms with Crippen LogP contribution in [0.5, 0.6) is 0 Å². The van der Waals surface area contributed by atoms with Crippen molar-refractivity contribution in [2.45, 2.75) is 46.0 Å². The molecule has 0 radical (unpaired) electrons. The maximum atomic E-state index is 5.16. The van der Waals surface area contributed by atoms with Crippen molar-refractivity contribution >= 4 is 0 Å². The first-order chi connectivity index (χ1) is 7.11. The molecule has 0 saturated carbocycles. The van der Waals surface area contributed by atoms with Gasteiger partial charge in [0.05, 0.1) is 19.2 Å². The molecule has 0 aromatic carbocycles. The van der Waals surface area contributed by atoms with Crippen molar-refractivity contribution in [1.82, 2.24) is 20.1 Å². The third-order valence-electron chi connectivity index (χ3n) is 2.10. The highest BCUT2D eigenvalue weighted by molar-refractivity contribution is 4.81. The molecule has 1 N–H and O–H groups in total. The molecule has 5 nitrogen and oxygen atoms in total. The summed E-state index contributed by atoms with van der Waals surface area (Å²) in [5.41, 5.74) is 0. The number of hydrogen-bond donors (Lipinski definition) is 1. The van der Waals surface area contributed by atoms with Crippen LogP contribution in [0.3, 0.4) is 0 Å². The van der Waals surface area contributed by atoms with Crippen LogP contribution in [0.2, 0.25) is 0 Å². The molecule has 0 saturated heterocycles. The Labute approximate surface area is 90.8 Å². The second-order valence-corrected chi connectivity index (χ2v) is 3.96. The van der Waals surface area contributed by atoms with E-state index < -0.39 is 0 Å². The summed E-state index contributed by atoms with van der Waals surface area (Å²) in [7, 11) is 1.70. The van der Waals surface area contributed by atoms with Crippen molar-refractivity contribution in [2.75, 3.05) is 7.11 Å². The number of aromatic nitrogens is 3. The zero-order valence-corrected chi connectivity index (χ0v) is 9.90. The van der Waals surface area contributed by atoms with Crippen LogP contribution >= 0.6 is 0 Å². The quantitative estimate of drug-likeness (QED) is 0.758. The van der Waals surface area contributed by atoms with Gasteiger partial charge >= 0.3 is 0 Å². The molecule has 0 aliphatic carbocycles. The minimum absolute atomic E-state index is 0.164. The van der Waals surface area contributed by atoms with Gasteiger partial charge in [-0.2, -0.15) is 5.10 Å². The number of ether oxygens (including phenoxy) is 1. The summed E-state index contributed by atoms with van der Waals surface area (Å²) in [6.07, 6.45) is 1.91. The molecule has 86 valence electrons. The third-order valence-corrected chi connectivity index (χ3v) is 2.10. The Kier molecular flexibility index (Phi) is 4.71. The molecule has 1 aromatic rings. The largest absolute Gasteiger partial charge is 0.380 e. The summed E-state index contributed by atoms with van der Waals surface area (Å²) in [5.74, 6) is 0.826. The second-order valence-electron chi connectivity index (χ2n) is 3.96. The Bertz CT molecular complexity index is 285. The third kappa shape index (κ3) is 4.40. The van der Waals surface area contributed by atoms with Crippen LogP contribution in [0.25, 0.3) is 0 Å². The molecule has 0 aliphatic rings. The summed E-state index contributed by atoms with van der Waals surface area (Å²) >= 11 is 0. The van der Waals surface area contributed by atoms with E-state index in [2.05, 4.69) is 29.2 Å². The first-order valence-electron chi connectivity index (χ1n) is 5.26. The van der Waals surface area contributed by atoms with Gasteiger partial charge in [-0.05, 0) is 6.92 Å². The lowest BCUT2D eigenvalue weighted by molar-refractivity contribution is 0.0996. The average molecular weight is 212 g/mol. The second kappa shape index (κ2) is 5.82. The Morgan fingerprint density at radius 2 is 2.20 bits per heavy atom. The molecule has 0 fully saturated rings. The van der Waals surface area contributed by atoms with Crippen LogP contribution in [-0.2, 0) is 17.8 Å². The highest BCUT2D eigenvalue weighted by atomic mass is 16.5. The first-order valence-corrected chi connectivity index (χ1v) is 5.26. The summed E-state index contributed by atoms with van der Waals surface area (Å²) < 4.78 is 6.97. The maximum Gasteiger partial charge on any atom is 0.164 e. The molecule has 1 atom stereocenters. The number of rotatable bonds is 6. The minimum Gasteiger partial charge on any atom is -0.380 e. The predicted octanol–water partition coefficient (Wildman–Crippen LogP) is 0.811. The van der Waals surface area contributed by atoms with Crippen molar-refractivity contribution in [3.8, 4) is 0 Å². The lowest BCUT2D eigenvalue weighted by Gasteiger charge is -2.08. The topological polar surface area (TPSA) is 52.0 Å². The van der Waals surface area contributed by atoms with Crippen LogP contribution in [0.4, 0.5) is 0 Å². The summed E-state index contributed by atoms with van der Waals surface area (Å²) in [6.45, 7) is 7.67. The van der Waals surface area contributed by atoms with Gasteiger partial charge in [-0.1, -0.05) is 13.8 Å². The van der Waals surface area contributed by atoms with Gasteiger partial charge in [0.15, 0.2) is 5.82 Å². The number of nitrogens with one attached hydrogen (secondary N) is 1. The van der Waals surface area contributed by atoms with Gasteiger partial charge in [0, 0.05) is 13.2 Å². The molecule has 5 heteroatoms. The Morgan fingerprint density at radius 1 is 1.47 bits per heavy atom. The van der Waals surface area contributed by atoms with Crippen LogP contribution in [0.1, 0.15) is 26.6 Å². The molecule has 1 unspecified atom stereocenters. The van der Waals surface area contributed by atoms with E-state index in [1.54, 1.807) is 13.4 Å². The van der Waals surface area contributed by atoms with Gasteiger partial charge in [0.1, 0.15) is 6.33 Å². The van der Waals surface area contributed by atoms with E-state index in [0.29, 0.717) is 12.6 Å². The molecule has 0 bridgehead atoms. The van der Waals surface area contributed by atoms with Gasteiger partial charge in [0.25, 0.3) is 0 Å². The summed E-state index contributed by atoms with van der Waals surface area (Å²) in [4.78, 5) is 4.21. The molecule has 1 rings (SSSR count). The molecule has 0 spiro atoms. The standard InChI is InChI=1S/C10H20N4O/c1-8(2)11-5-10-12-7-14(13-10)6-9(3)15-4/h7-9,11H,5-6H2,1-4H3. The van der Waals surface area contributed by atoms with E-state index in [1.807, 2.05) is 11.6 Å². The van der Waals surface area contributed by atoms with Gasteiger partial charge in [-0.3, -0.25) is 4.68 Å². The lowest BCUT2D eigenvalue weighted by atomic mass is 10.4. The first kappa shape index (κ1) is 12.1. The van der Waals surface area contributed by atoms with Crippen molar-refractivity contribution in [2.24, 2.45) is 0 Å². The highest BCUT2D eigenvalue weighted by Gasteiger charge is 2.04. The van der Waals surface area contributed by atoms with E-state index in [-0.39, 0.29) is 6.10 Å². The normalized spacial score (nSPS) is 13.4. The van der Waals surface area contributed by atoms with E-state index in [1.165, 1.54) is 0 Å². The van der Waals surface area contributed by atoms with Gasteiger partial charge in [-0.25, -0.2) is 4.98 Å².